The van der Waals surface area contributed by atoms with Crippen molar-refractivity contribution >= 4 is 0 Å². The number of likely N-dealkylation sites (N-methyl/N-ethyl adjacent to an activating group) is 1. The van der Waals surface area contributed by atoms with Crippen LogP contribution in [0.2, 0.25) is 0 Å². The van der Waals surface area contributed by atoms with Gasteiger partial charge < -0.3 is 4.74 Å². The molecule has 0 spiro atoms. The van der Waals surface area contributed by atoms with Crippen molar-refractivity contribution in [1.82, 2.24) is 4.90 Å². The van der Waals surface area contributed by atoms with Crippen LogP contribution < -0.4 is 4.74 Å². The fourth-order valence-corrected chi connectivity index (χ4v) is 2.28. The molecule has 0 amide bonds. The van der Waals surface area contributed by atoms with Gasteiger partial charge in [-0.1, -0.05) is 31.2 Å². The van der Waals surface area contributed by atoms with Gasteiger partial charge in [0.1, 0.15) is 5.75 Å². The maximum absolute atomic E-state index is 5.18. The number of nitrogens with zero attached hydrogens (tertiary/aromatic N) is 1. The van der Waals surface area contributed by atoms with Gasteiger partial charge in [-0.05, 0) is 50.9 Å². The van der Waals surface area contributed by atoms with Crippen molar-refractivity contribution in [3.63, 3.8) is 0 Å². The molecule has 0 saturated carbocycles. The average molecular weight is 261 g/mol. The minimum atomic E-state index is 0.587. The van der Waals surface area contributed by atoms with Crippen LogP contribution in [0.1, 0.15) is 32.8 Å². The van der Waals surface area contributed by atoms with Crippen LogP contribution in [-0.4, -0.2) is 31.1 Å². The Morgan fingerprint density at radius 3 is 2.42 bits per heavy atom. The molecule has 1 rings (SSSR count). The Hall–Kier alpha value is -1.28. The molecule has 2 nitrogen and oxygen atoms in total. The molecule has 0 saturated heterocycles. The average Bonchev–Trinajstić information content (AvgIpc) is 2.42. The van der Waals surface area contributed by atoms with E-state index in [4.69, 9.17) is 4.74 Å². The summed E-state index contributed by atoms with van der Waals surface area (Å²) in [6.07, 6.45) is 2.28. The molecule has 1 aromatic rings. The fraction of sp³-hybridized carbons (Fsp3) is 0.529. The topological polar surface area (TPSA) is 12.5 Å². The second-order valence-corrected chi connectivity index (χ2v) is 5.26. The largest absolute Gasteiger partial charge is 0.497 e. The predicted octanol–water partition coefficient (Wildman–Crippen LogP) is 3.91. The first-order chi connectivity index (χ1) is 9.06. The van der Waals surface area contributed by atoms with Crippen LogP contribution in [0, 0.1) is 0 Å². The van der Waals surface area contributed by atoms with Gasteiger partial charge in [0.2, 0.25) is 0 Å². The van der Waals surface area contributed by atoms with E-state index in [1.165, 1.54) is 17.6 Å². The zero-order valence-electron chi connectivity index (χ0n) is 12.8. The minimum absolute atomic E-state index is 0.587. The standard InChI is InChI=1S/C17H27NO/c1-6-18(13-14(2)3)15(4)7-8-16-9-11-17(19-5)12-10-16/h9-12,15H,2,6-8,13H2,1,3-5H3. The molecule has 1 unspecified atom stereocenters. The molecule has 0 bridgehead atoms. The van der Waals surface area contributed by atoms with Crippen molar-refractivity contribution in [2.75, 3.05) is 20.2 Å². The van der Waals surface area contributed by atoms with Crippen LogP contribution in [-0.2, 0) is 6.42 Å². The molecule has 0 N–H and O–H groups in total. The number of aryl methyl sites for hydroxylation is 1. The Bertz CT molecular complexity index is 383. The molecular weight excluding hydrogens is 234 g/mol. The summed E-state index contributed by atoms with van der Waals surface area (Å²) in [6, 6.07) is 8.96. The third kappa shape index (κ3) is 5.48. The quantitative estimate of drug-likeness (QED) is 0.658. The van der Waals surface area contributed by atoms with E-state index in [-0.39, 0.29) is 0 Å². The minimum Gasteiger partial charge on any atom is -0.497 e. The van der Waals surface area contributed by atoms with Crippen LogP contribution in [0.25, 0.3) is 0 Å². The molecule has 0 aliphatic heterocycles. The molecular formula is C17H27NO. The Morgan fingerprint density at radius 1 is 1.32 bits per heavy atom. The molecule has 0 aliphatic carbocycles. The molecule has 1 aromatic carbocycles. The van der Waals surface area contributed by atoms with Gasteiger partial charge >= 0.3 is 0 Å². The number of methoxy groups -OCH3 is 1. The number of hydrogen-bond donors (Lipinski definition) is 0. The SMILES string of the molecule is C=C(C)CN(CC)C(C)CCc1ccc(OC)cc1. The van der Waals surface area contributed by atoms with E-state index in [1.54, 1.807) is 7.11 Å². The maximum atomic E-state index is 5.18. The molecule has 0 fully saturated rings. The van der Waals surface area contributed by atoms with Gasteiger partial charge in [-0.15, -0.1) is 0 Å². The van der Waals surface area contributed by atoms with Gasteiger partial charge in [0.25, 0.3) is 0 Å². The predicted molar refractivity (Wildman–Crippen MR) is 82.8 cm³/mol. The molecule has 0 heterocycles. The molecule has 19 heavy (non-hydrogen) atoms. The van der Waals surface area contributed by atoms with Gasteiger partial charge in [-0.3, -0.25) is 4.90 Å². The van der Waals surface area contributed by atoms with Crippen LogP contribution in [0.5, 0.6) is 5.75 Å². The summed E-state index contributed by atoms with van der Waals surface area (Å²) in [5, 5.41) is 0. The van der Waals surface area contributed by atoms with Gasteiger partial charge in [0.15, 0.2) is 0 Å². The summed E-state index contributed by atoms with van der Waals surface area (Å²) < 4.78 is 5.18. The third-order valence-electron chi connectivity index (χ3n) is 3.51. The molecule has 106 valence electrons. The van der Waals surface area contributed by atoms with Crippen LogP contribution in [0.15, 0.2) is 36.4 Å². The van der Waals surface area contributed by atoms with Crippen molar-refractivity contribution in [1.29, 1.82) is 0 Å². The fourth-order valence-electron chi connectivity index (χ4n) is 2.28. The summed E-state index contributed by atoms with van der Waals surface area (Å²) in [6.45, 7) is 12.7. The highest BCUT2D eigenvalue weighted by Crippen LogP contribution is 2.15. The Balaban J connectivity index is 2.47. The summed E-state index contributed by atoms with van der Waals surface area (Å²) in [4.78, 5) is 2.48. The smallest absolute Gasteiger partial charge is 0.118 e. The summed E-state index contributed by atoms with van der Waals surface area (Å²) in [7, 11) is 1.70. The van der Waals surface area contributed by atoms with E-state index in [0.717, 1.165) is 25.3 Å². The zero-order chi connectivity index (χ0) is 14.3. The van der Waals surface area contributed by atoms with Crippen molar-refractivity contribution < 1.29 is 4.74 Å². The van der Waals surface area contributed by atoms with Crippen molar-refractivity contribution in [2.24, 2.45) is 0 Å². The monoisotopic (exact) mass is 261 g/mol. The van der Waals surface area contributed by atoms with E-state index < -0.39 is 0 Å². The van der Waals surface area contributed by atoms with Crippen LogP contribution >= 0.6 is 0 Å². The van der Waals surface area contributed by atoms with Gasteiger partial charge in [0.05, 0.1) is 7.11 Å². The van der Waals surface area contributed by atoms with Crippen molar-refractivity contribution in [3.05, 3.63) is 42.0 Å². The highest BCUT2D eigenvalue weighted by atomic mass is 16.5. The second kappa shape index (κ2) is 8.00. The van der Waals surface area contributed by atoms with Gasteiger partial charge in [-0.2, -0.15) is 0 Å². The van der Waals surface area contributed by atoms with Crippen molar-refractivity contribution in [2.45, 2.75) is 39.7 Å². The third-order valence-corrected chi connectivity index (χ3v) is 3.51. The maximum Gasteiger partial charge on any atom is 0.118 e. The van der Waals surface area contributed by atoms with Gasteiger partial charge in [0, 0.05) is 12.6 Å². The van der Waals surface area contributed by atoms with E-state index in [2.05, 4.69) is 44.4 Å². The lowest BCUT2D eigenvalue weighted by molar-refractivity contribution is 0.228. The Morgan fingerprint density at radius 2 is 1.95 bits per heavy atom. The Labute approximate surface area is 118 Å². The highest BCUT2D eigenvalue weighted by molar-refractivity contribution is 5.27. The van der Waals surface area contributed by atoms with Crippen LogP contribution in [0.4, 0.5) is 0 Å². The lowest BCUT2D eigenvalue weighted by atomic mass is 10.0. The first-order valence-corrected chi connectivity index (χ1v) is 7.08. The molecule has 1 atom stereocenters. The number of rotatable bonds is 8. The first kappa shape index (κ1) is 15.8. The molecule has 0 aromatic heterocycles. The summed E-state index contributed by atoms with van der Waals surface area (Å²) in [5.74, 6) is 0.925. The molecule has 0 aliphatic rings. The lowest BCUT2D eigenvalue weighted by Gasteiger charge is -2.28. The number of ether oxygens (including phenoxy) is 1. The van der Waals surface area contributed by atoms with Crippen molar-refractivity contribution in [3.8, 4) is 5.75 Å². The highest BCUT2D eigenvalue weighted by Gasteiger charge is 2.11. The van der Waals surface area contributed by atoms with E-state index in [0.29, 0.717) is 6.04 Å². The normalized spacial score (nSPS) is 12.5. The molecule has 2 heteroatoms. The van der Waals surface area contributed by atoms with E-state index in [1.807, 2.05) is 12.1 Å². The second-order valence-electron chi connectivity index (χ2n) is 5.26. The summed E-state index contributed by atoms with van der Waals surface area (Å²) >= 11 is 0. The summed E-state index contributed by atoms with van der Waals surface area (Å²) in [5.41, 5.74) is 2.61. The molecule has 0 radical (unpaired) electrons. The Kier molecular flexibility index (Phi) is 6.65. The van der Waals surface area contributed by atoms with Gasteiger partial charge in [-0.25, -0.2) is 0 Å². The van der Waals surface area contributed by atoms with Crippen LogP contribution in [0.3, 0.4) is 0 Å². The zero-order valence-corrected chi connectivity index (χ0v) is 12.8. The first-order valence-electron chi connectivity index (χ1n) is 7.08. The number of benzene rings is 1. The lowest BCUT2D eigenvalue weighted by Crippen LogP contribution is -2.34. The van der Waals surface area contributed by atoms with E-state index in [9.17, 15) is 0 Å². The van der Waals surface area contributed by atoms with E-state index >= 15 is 0 Å². The number of hydrogen-bond acceptors (Lipinski definition) is 2.